The first kappa shape index (κ1) is 29.2. The zero-order valence-electron chi connectivity index (χ0n) is 19.9. The number of hydrogen-bond donors (Lipinski definition) is 7. The van der Waals surface area contributed by atoms with Crippen molar-refractivity contribution in [3.63, 3.8) is 0 Å². The average Bonchev–Trinajstić information content (AvgIpc) is 2.76. The van der Waals surface area contributed by atoms with Crippen LogP contribution in [-0.4, -0.2) is 63.8 Å². The Morgan fingerprint density at radius 3 is 1.94 bits per heavy atom. The third-order valence-electron chi connectivity index (χ3n) is 5.11. The fraction of sp³-hybridized carbons (Fsp3) is 0.565. The van der Waals surface area contributed by atoms with Crippen molar-refractivity contribution in [3.05, 3.63) is 29.8 Å². The van der Waals surface area contributed by atoms with E-state index in [1.165, 1.54) is 12.1 Å². The van der Waals surface area contributed by atoms with Gasteiger partial charge in [0.1, 0.15) is 23.9 Å². The fourth-order valence-electron chi connectivity index (χ4n) is 3.18. The van der Waals surface area contributed by atoms with E-state index in [-0.39, 0.29) is 29.8 Å². The third-order valence-corrected chi connectivity index (χ3v) is 5.50. The van der Waals surface area contributed by atoms with Crippen LogP contribution >= 0.6 is 12.6 Å². The minimum absolute atomic E-state index is 0.00619. The highest BCUT2D eigenvalue weighted by Crippen LogP contribution is 2.13. The Kier molecular flexibility index (Phi) is 11.9. The Bertz CT molecular complexity index is 846. The van der Waals surface area contributed by atoms with Crippen molar-refractivity contribution < 1.29 is 29.4 Å². The highest BCUT2D eigenvalue weighted by Gasteiger charge is 2.32. The van der Waals surface area contributed by atoms with E-state index in [1.54, 1.807) is 26.0 Å². The van der Waals surface area contributed by atoms with Gasteiger partial charge in [0.2, 0.25) is 17.7 Å². The molecule has 0 saturated heterocycles. The number of rotatable bonds is 13. The van der Waals surface area contributed by atoms with Gasteiger partial charge in [0.25, 0.3) is 0 Å². The van der Waals surface area contributed by atoms with Crippen LogP contribution in [0.3, 0.4) is 0 Å². The number of phenols is 1. The number of nitrogens with two attached hydrogens (primary N) is 1. The molecule has 1 aromatic carbocycles. The molecule has 0 aliphatic carbocycles. The summed E-state index contributed by atoms with van der Waals surface area (Å²) >= 11 is 4.00. The van der Waals surface area contributed by atoms with Crippen molar-refractivity contribution in [1.29, 1.82) is 0 Å². The second kappa shape index (κ2) is 13.8. The number of aliphatic carboxylic acids is 1. The summed E-state index contributed by atoms with van der Waals surface area (Å²) in [5, 5.41) is 26.7. The van der Waals surface area contributed by atoms with E-state index >= 15 is 0 Å². The number of aromatic hydroxyl groups is 1. The van der Waals surface area contributed by atoms with Gasteiger partial charge in [0.05, 0.1) is 6.04 Å². The lowest BCUT2D eigenvalue weighted by Crippen LogP contribution is -2.59. The first-order valence-corrected chi connectivity index (χ1v) is 11.8. The molecule has 3 amide bonds. The summed E-state index contributed by atoms with van der Waals surface area (Å²) in [4.78, 5) is 49.9. The van der Waals surface area contributed by atoms with Gasteiger partial charge in [-0.15, -0.1) is 0 Å². The van der Waals surface area contributed by atoms with Crippen LogP contribution in [0, 0.1) is 11.8 Å². The maximum atomic E-state index is 13.0. The normalized spacial score (nSPS) is 14.7. The lowest BCUT2D eigenvalue weighted by Gasteiger charge is -2.27. The number of phenolic OH excluding ortho intramolecular Hbond substituents is 1. The van der Waals surface area contributed by atoms with Gasteiger partial charge in [-0.05, 0) is 36.0 Å². The SMILES string of the molecule is CC(C)CC(NC(=O)C(N)CS)C(=O)NC(C(=O)NC(Cc1ccc(O)cc1)C(=O)O)C(C)C. The number of carbonyl (C=O) groups is 4. The van der Waals surface area contributed by atoms with Gasteiger partial charge in [-0.25, -0.2) is 4.79 Å². The zero-order valence-corrected chi connectivity index (χ0v) is 20.8. The van der Waals surface area contributed by atoms with Gasteiger partial charge in [0.15, 0.2) is 0 Å². The number of benzene rings is 1. The van der Waals surface area contributed by atoms with E-state index in [4.69, 9.17) is 5.73 Å². The largest absolute Gasteiger partial charge is 0.508 e. The predicted molar refractivity (Wildman–Crippen MR) is 131 cm³/mol. The average molecular weight is 497 g/mol. The second-order valence-electron chi connectivity index (χ2n) is 8.98. The van der Waals surface area contributed by atoms with Gasteiger partial charge < -0.3 is 31.9 Å². The molecule has 7 N–H and O–H groups in total. The highest BCUT2D eigenvalue weighted by molar-refractivity contribution is 7.80. The molecule has 190 valence electrons. The minimum Gasteiger partial charge on any atom is -0.508 e. The molecule has 10 nitrogen and oxygen atoms in total. The maximum absolute atomic E-state index is 13.0. The number of carboxylic acid groups (broad SMARTS) is 1. The van der Waals surface area contributed by atoms with Crippen LogP contribution in [0.4, 0.5) is 0 Å². The molecule has 0 aromatic heterocycles. The van der Waals surface area contributed by atoms with E-state index in [9.17, 15) is 29.4 Å². The molecule has 0 saturated carbocycles. The molecular formula is C23H36N4O6S. The smallest absolute Gasteiger partial charge is 0.326 e. The molecule has 0 aliphatic heterocycles. The molecule has 4 unspecified atom stereocenters. The van der Waals surface area contributed by atoms with Crippen molar-refractivity contribution in [2.75, 3.05) is 5.75 Å². The standard InChI is InChI=1S/C23H36N4O6S/c1-12(2)9-17(25-20(29)16(24)11-34)21(30)27-19(13(3)4)22(31)26-18(23(32)33)10-14-5-7-15(28)8-6-14/h5-8,12-13,16-19,28,34H,9-11,24H2,1-4H3,(H,25,29)(H,26,31)(H,27,30)(H,32,33). The number of hydrogen-bond acceptors (Lipinski definition) is 7. The third kappa shape index (κ3) is 9.60. The quantitative estimate of drug-likeness (QED) is 0.194. The minimum atomic E-state index is -1.24. The second-order valence-corrected chi connectivity index (χ2v) is 9.35. The van der Waals surface area contributed by atoms with Crippen LogP contribution in [-0.2, 0) is 25.6 Å². The van der Waals surface area contributed by atoms with Crippen LogP contribution in [0.15, 0.2) is 24.3 Å². The summed E-state index contributed by atoms with van der Waals surface area (Å²) in [6.07, 6.45) is 0.315. The highest BCUT2D eigenvalue weighted by atomic mass is 32.1. The summed E-state index contributed by atoms with van der Waals surface area (Å²) < 4.78 is 0. The first-order chi connectivity index (χ1) is 15.8. The summed E-state index contributed by atoms with van der Waals surface area (Å²) in [5.74, 6) is -3.12. The monoisotopic (exact) mass is 496 g/mol. The van der Waals surface area contributed by atoms with Crippen LogP contribution in [0.25, 0.3) is 0 Å². The van der Waals surface area contributed by atoms with Gasteiger partial charge in [-0.1, -0.05) is 39.8 Å². The van der Waals surface area contributed by atoms with E-state index in [1.807, 2.05) is 13.8 Å². The molecule has 11 heteroatoms. The Morgan fingerprint density at radius 1 is 0.912 bits per heavy atom. The maximum Gasteiger partial charge on any atom is 0.326 e. The summed E-state index contributed by atoms with van der Waals surface area (Å²) in [7, 11) is 0. The Labute approximate surface area is 205 Å². The van der Waals surface area contributed by atoms with Crippen molar-refractivity contribution in [3.8, 4) is 5.75 Å². The topological polar surface area (TPSA) is 171 Å². The van der Waals surface area contributed by atoms with Crippen molar-refractivity contribution in [2.45, 2.75) is 64.7 Å². The number of thiol groups is 1. The lowest BCUT2D eigenvalue weighted by molar-refractivity contribution is -0.142. The molecular weight excluding hydrogens is 460 g/mol. The molecule has 0 fully saturated rings. The van der Waals surface area contributed by atoms with Crippen molar-refractivity contribution >= 4 is 36.3 Å². The molecule has 1 aromatic rings. The summed E-state index contributed by atoms with van der Waals surface area (Å²) in [5.41, 5.74) is 6.30. The van der Waals surface area contributed by atoms with Crippen LogP contribution in [0.2, 0.25) is 0 Å². The van der Waals surface area contributed by atoms with Gasteiger partial charge in [-0.3, -0.25) is 14.4 Å². The van der Waals surface area contributed by atoms with Crippen molar-refractivity contribution in [2.24, 2.45) is 17.6 Å². The molecule has 4 atom stereocenters. The number of amides is 3. The summed E-state index contributed by atoms with van der Waals surface area (Å²) in [6.45, 7) is 7.21. The van der Waals surface area contributed by atoms with E-state index in [0.717, 1.165) is 0 Å². The van der Waals surface area contributed by atoms with E-state index in [0.29, 0.717) is 12.0 Å². The van der Waals surface area contributed by atoms with Crippen LogP contribution in [0.1, 0.15) is 39.7 Å². The number of nitrogens with one attached hydrogen (secondary N) is 3. The van der Waals surface area contributed by atoms with Crippen molar-refractivity contribution in [1.82, 2.24) is 16.0 Å². The van der Waals surface area contributed by atoms with E-state index < -0.39 is 47.9 Å². The molecule has 0 bridgehead atoms. The molecule has 0 spiro atoms. The van der Waals surface area contributed by atoms with Crippen LogP contribution in [0.5, 0.6) is 5.75 Å². The summed E-state index contributed by atoms with van der Waals surface area (Å²) in [6, 6.07) is 1.91. The fourth-order valence-corrected chi connectivity index (χ4v) is 3.35. The lowest BCUT2D eigenvalue weighted by atomic mass is 9.99. The van der Waals surface area contributed by atoms with Gasteiger partial charge in [-0.2, -0.15) is 12.6 Å². The van der Waals surface area contributed by atoms with Gasteiger partial charge >= 0.3 is 5.97 Å². The van der Waals surface area contributed by atoms with Gasteiger partial charge in [0, 0.05) is 12.2 Å². The van der Waals surface area contributed by atoms with Crippen LogP contribution < -0.4 is 21.7 Å². The zero-order chi connectivity index (χ0) is 26.0. The molecule has 34 heavy (non-hydrogen) atoms. The predicted octanol–water partition coefficient (Wildman–Crippen LogP) is 0.433. The molecule has 0 heterocycles. The Balaban J connectivity index is 2.96. The molecule has 0 radical (unpaired) electrons. The first-order valence-electron chi connectivity index (χ1n) is 11.1. The Hall–Kier alpha value is -2.79. The molecule has 0 aliphatic rings. The molecule has 1 rings (SSSR count). The number of carbonyl (C=O) groups excluding carboxylic acids is 3. The number of carboxylic acids is 1. The van der Waals surface area contributed by atoms with E-state index in [2.05, 4.69) is 28.6 Å². The Morgan fingerprint density at radius 2 is 1.47 bits per heavy atom.